The summed E-state index contributed by atoms with van der Waals surface area (Å²) < 4.78 is 5.33. The first kappa shape index (κ1) is 16.9. The molecule has 1 heterocycles. The third kappa shape index (κ3) is 5.77. The first-order valence-electron chi connectivity index (χ1n) is 6.88. The Balaban J connectivity index is 2.50. The van der Waals surface area contributed by atoms with E-state index in [2.05, 4.69) is 42.4 Å². The monoisotopic (exact) mass is 303 g/mol. The molecule has 110 valence electrons. The Morgan fingerprint density at radius 1 is 1.47 bits per heavy atom. The lowest BCUT2D eigenvalue weighted by Gasteiger charge is -2.31. The molecule has 0 amide bonds. The maximum Gasteiger partial charge on any atom is 0.170 e. The SMILES string of the molecule is CCCNC(C)(CO)CC(C)Sc1nc(CC)ns1. The zero-order chi connectivity index (χ0) is 14.3. The van der Waals surface area contributed by atoms with E-state index >= 15 is 0 Å². The quantitative estimate of drug-likeness (QED) is 0.687. The van der Waals surface area contributed by atoms with Crippen LogP contribution in [0.5, 0.6) is 0 Å². The van der Waals surface area contributed by atoms with E-state index in [-0.39, 0.29) is 12.1 Å². The molecule has 0 aromatic carbocycles. The predicted molar refractivity (Wildman–Crippen MR) is 83.0 cm³/mol. The van der Waals surface area contributed by atoms with Gasteiger partial charge in [0.25, 0.3) is 0 Å². The van der Waals surface area contributed by atoms with Crippen LogP contribution in [-0.2, 0) is 6.42 Å². The van der Waals surface area contributed by atoms with Gasteiger partial charge < -0.3 is 10.4 Å². The van der Waals surface area contributed by atoms with Gasteiger partial charge in [0.05, 0.1) is 6.61 Å². The number of hydrogen-bond donors (Lipinski definition) is 2. The summed E-state index contributed by atoms with van der Waals surface area (Å²) in [5.74, 6) is 0.925. The first-order chi connectivity index (χ1) is 9.03. The Morgan fingerprint density at radius 2 is 2.21 bits per heavy atom. The van der Waals surface area contributed by atoms with Crippen molar-refractivity contribution in [1.29, 1.82) is 0 Å². The van der Waals surface area contributed by atoms with Gasteiger partial charge in [-0.15, -0.1) is 0 Å². The molecule has 0 spiro atoms. The maximum absolute atomic E-state index is 9.57. The predicted octanol–water partition coefficient (Wildman–Crippen LogP) is 2.72. The van der Waals surface area contributed by atoms with E-state index in [1.54, 1.807) is 11.8 Å². The van der Waals surface area contributed by atoms with Crippen molar-refractivity contribution < 1.29 is 5.11 Å². The average molecular weight is 303 g/mol. The van der Waals surface area contributed by atoms with Crippen molar-refractivity contribution in [3.8, 4) is 0 Å². The van der Waals surface area contributed by atoms with Crippen LogP contribution in [0.1, 0.15) is 46.4 Å². The Kier molecular flexibility index (Phi) is 7.28. The normalized spacial score (nSPS) is 16.3. The number of hydrogen-bond acceptors (Lipinski definition) is 6. The molecule has 1 aromatic heterocycles. The number of thioether (sulfide) groups is 1. The van der Waals surface area contributed by atoms with Crippen LogP contribution >= 0.6 is 23.3 Å². The van der Waals surface area contributed by atoms with Crippen molar-refractivity contribution in [3.05, 3.63) is 5.82 Å². The molecule has 4 nitrogen and oxygen atoms in total. The van der Waals surface area contributed by atoms with E-state index < -0.39 is 0 Å². The number of nitrogens with zero attached hydrogens (tertiary/aromatic N) is 2. The number of aromatic nitrogens is 2. The minimum Gasteiger partial charge on any atom is -0.394 e. The lowest BCUT2D eigenvalue weighted by Crippen LogP contribution is -2.47. The third-order valence-electron chi connectivity index (χ3n) is 2.96. The topological polar surface area (TPSA) is 58.0 Å². The lowest BCUT2D eigenvalue weighted by atomic mass is 9.97. The van der Waals surface area contributed by atoms with E-state index in [4.69, 9.17) is 0 Å². The van der Waals surface area contributed by atoms with Gasteiger partial charge in [-0.3, -0.25) is 0 Å². The van der Waals surface area contributed by atoms with Crippen LogP contribution in [0.25, 0.3) is 0 Å². The Morgan fingerprint density at radius 3 is 2.74 bits per heavy atom. The molecular formula is C13H25N3OS2. The van der Waals surface area contributed by atoms with Gasteiger partial charge in [0.1, 0.15) is 5.82 Å². The third-order valence-corrected chi connectivity index (χ3v) is 4.88. The van der Waals surface area contributed by atoms with Crippen LogP contribution in [-0.4, -0.2) is 38.4 Å². The average Bonchev–Trinajstić information content (AvgIpc) is 2.83. The summed E-state index contributed by atoms with van der Waals surface area (Å²) in [5, 5.41) is 13.4. The van der Waals surface area contributed by atoms with Crippen molar-refractivity contribution >= 4 is 23.3 Å². The molecule has 0 aliphatic carbocycles. The molecule has 6 heteroatoms. The van der Waals surface area contributed by atoms with E-state index in [9.17, 15) is 5.11 Å². The minimum absolute atomic E-state index is 0.161. The van der Waals surface area contributed by atoms with Crippen LogP contribution in [0.3, 0.4) is 0 Å². The number of nitrogens with one attached hydrogen (secondary N) is 1. The molecule has 0 saturated carbocycles. The molecule has 0 fully saturated rings. The lowest BCUT2D eigenvalue weighted by molar-refractivity contribution is 0.166. The number of rotatable bonds is 9. The summed E-state index contributed by atoms with van der Waals surface area (Å²) in [6.07, 6.45) is 2.88. The molecule has 2 N–H and O–H groups in total. The highest BCUT2D eigenvalue weighted by atomic mass is 32.2. The Hall–Kier alpha value is -0.170. The van der Waals surface area contributed by atoms with Gasteiger partial charge in [0.15, 0.2) is 4.34 Å². The Bertz CT molecular complexity index is 373. The van der Waals surface area contributed by atoms with Crippen LogP contribution in [0.2, 0.25) is 0 Å². The van der Waals surface area contributed by atoms with E-state index in [0.717, 1.165) is 36.0 Å². The van der Waals surface area contributed by atoms with Crippen molar-refractivity contribution in [1.82, 2.24) is 14.7 Å². The van der Waals surface area contributed by atoms with Gasteiger partial charge in [-0.2, -0.15) is 4.37 Å². The van der Waals surface area contributed by atoms with Crippen LogP contribution < -0.4 is 5.32 Å². The van der Waals surface area contributed by atoms with Crippen molar-refractivity contribution in [3.63, 3.8) is 0 Å². The van der Waals surface area contributed by atoms with Gasteiger partial charge in [-0.05, 0) is 37.8 Å². The van der Waals surface area contributed by atoms with Crippen molar-refractivity contribution in [2.24, 2.45) is 0 Å². The largest absolute Gasteiger partial charge is 0.394 e. The second-order valence-corrected chi connectivity index (χ2v) is 7.55. The zero-order valence-corrected chi connectivity index (χ0v) is 13.9. The molecule has 1 rings (SSSR count). The first-order valence-corrected chi connectivity index (χ1v) is 8.53. The van der Waals surface area contributed by atoms with Gasteiger partial charge in [0.2, 0.25) is 0 Å². The molecule has 0 bridgehead atoms. The molecule has 0 saturated heterocycles. The summed E-state index contributed by atoms with van der Waals surface area (Å²) >= 11 is 3.22. The van der Waals surface area contributed by atoms with E-state index in [1.807, 2.05) is 0 Å². The maximum atomic E-state index is 9.57. The minimum atomic E-state index is -0.208. The fourth-order valence-electron chi connectivity index (χ4n) is 1.90. The molecule has 0 radical (unpaired) electrons. The molecule has 1 aromatic rings. The van der Waals surface area contributed by atoms with Gasteiger partial charge in [-0.1, -0.05) is 32.5 Å². The second-order valence-electron chi connectivity index (χ2n) is 5.11. The fourth-order valence-corrected chi connectivity index (χ4v) is 4.13. The molecule has 2 atom stereocenters. The number of aliphatic hydroxyl groups is 1. The second kappa shape index (κ2) is 8.19. The van der Waals surface area contributed by atoms with Crippen LogP contribution in [0.15, 0.2) is 4.34 Å². The van der Waals surface area contributed by atoms with Crippen molar-refractivity contribution in [2.45, 2.75) is 62.1 Å². The standard InChI is InChI=1S/C13H25N3OS2/c1-5-7-14-13(4,9-17)8-10(3)18-12-15-11(6-2)16-19-12/h10,14,17H,5-9H2,1-4H3. The highest BCUT2D eigenvalue weighted by molar-refractivity contribution is 8.01. The highest BCUT2D eigenvalue weighted by Gasteiger charge is 2.25. The summed E-state index contributed by atoms with van der Waals surface area (Å²) in [7, 11) is 0. The van der Waals surface area contributed by atoms with E-state index in [0.29, 0.717) is 5.25 Å². The fraction of sp³-hybridized carbons (Fsp3) is 0.846. The molecule has 2 unspecified atom stereocenters. The van der Waals surface area contributed by atoms with Gasteiger partial charge in [0, 0.05) is 17.2 Å². The Labute approximate surface area is 124 Å². The number of aliphatic hydroxyl groups excluding tert-OH is 1. The molecular weight excluding hydrogens is 278 g/mol. The van der Waals surface area contributed by atoms with E-state index in [1.165, 1.54) is 11.5 Å². The summed E-state index contributed by atoms with van der Waals surface area (Å²) in [6.45, 7) is 9.56. The van der Waals surface area contributed by atoms with Gasteiger partial charge >= 0.3 is 0 Å². The zero-order valence-electron chi connectivity index (χ0n) is 12.3. The van der Waals surface area contributed by atoms with Crippen molar-refractivity contribution in [2.75, 3.05) is 13.2 Å². The van der Waals surface area contributed by atoms with Gasteiger partial charge in [-0.25, -0.2) is 4.98 Å². The summed E-state index contributed by atoms with van der Waals surface area (Å²) in [4.78, 5) is 4.47. The molecule has 19 heavy (non-hydrogen) atoms. The summed E-state index contributed by atoms with van der Waals surface area (Å²) in [5.41, 5.74) is -0.208. The number of aryl methyl sites for hydroxylation is 1. The molecule has 0 aliphatic heterocycles. The smallest absolute Gasteiger partial charge is 0.170 e. The van der Waals surface area contributed by atoms with Crippen LogP contribution in [0.4, 0.5) is 0 Å². The van der Waals surface area contributed by atoms with Crippen LogP contribution in [0, 0.1) is 0 Å². The molecule has 0 aliphatic rings. The highest BCUT2D eigenvalue weighted by Crippen LogP contribution is 2.29. The summed E-state index contributed by atoms with van der Waals surface area (Å²) in [6, 6.07) is 0.